The van der Waals surface area contributed by atoms with Crippen LogP contribution in [0.3, 0.4) is 0 Å². The minimum atomic E-state index is 0.568. The van der Waals surface area contributed by atoms with E-state index in [0.717, 1.165) is 42.3 Å². The van der Waals surface area contributed by atoms with Gasteiger partial charge in [0.1, 0.15) is 10.6 Å². The number of hydrogen-bond donors (Lipinski definition) is 2. The van der Waals surface area contributed by atoms with Gasteiger partial charge in [0.25, 0.3) is 0 Å². The van der Waals surface area contributed by atoms with Crippen molar-refractivity contribution in [1.82, 2.24) is 15.3 Å². The van der Waals surface area contributed by atoms with Crippen LogP contribution in [0.2, 0.25) is 0 Å². The van der Waals surface area contributed by atoms with E-state index in [1.807, 2.05) is 11.4 Å². The summed E-state index contributed by atoms with van der Waals surface area (Å²) in [6, 6.07) is 1.97. The second kappa shape index (κ2) is 5.97. The highest BCUT2D eigenvalue weighted by atomic mass is 32.1. The molecule has 3 N–H and O–H groups in total. The summed E-state index contributed by atoms with van der Waals surface area (Å²) >= 11 is 1.60. The first-order valence-corrected chi connectivity index (χ1v) is 7.10. The van der Waals surface area contributed by atoms with E-state index in [1.165, 1.54) is 0 Å². The fourth-order valence-electron chi connectivity index (χ4n) is 1.80. The number of aromatic nitrogens is 2. The van der Waals surface area contributed by atoms with Crippen LogP contribution in [0, 0.1) is 0 Å². The number of nitrogens with one attached hydrogen (secondary N) is 1. The van der Waals surface area contributed by atoms with Gasteiger partial charge in [-0.2, -0.15) is 4.98 Å². The molecule has 0 amide bonds. The number of nitrogens with zero attached hydrogens (tertiary/aromatic N) is 3. The average Bonchev–Trinajstić information content (AvgIpc) is 2.83. The van der Waals surface area contributed by atoms with Crippen molar-refractivity contribution in [3.63, 3.8) is 0 Å². The van der Waals surface area contributed by atoms with E-state index in [2.05, 4.69) is 34.0 Å². The number of fused-ring (bicyclic) bond motifs is 1. The molecule has 0 aliphatic heterocycles. The van der Waals surface area contributed by atoms with Crippen LogP contribution in [0.4, 0.5) is 11.8 Å². The van der Waals surface area contributed by atoms with Gasteiger partial charge < -0.3 is 16.0 Å². The molecule has 0 atom stereocenters. The molecule has 0 fully saturated rings. The first-order chi connectivity index (χ1) is 8.76. The lowest BCUT2D eigenvalue weighted by Crippen LogP contribution is -2.33. The van der Waals surface area contributed by atoms with Crippen molar-refractivity contribution in [2.45, 2.75) is 13.8 Å². The maximum atomic E-state index is 5.96. The second-order valence-electron chi connectivity index (χ2n) is 3.98. The zero-order valence-electron chi connectivity index (χ0n) is 10.8. The molecule has 0 aliphatic carbocycles. The minimum absolute atomic E-state index is 0.568. The molecule has 0 aromatic carbocycles. The highest BCUT2D eigenvalue weighted by Crippen LogP contribution is 2.25. The number of likely N-dealkylation sites (N-methyl/N-ethyl adjacent to an activating group) is 2. The lowest BCUT2D eigenvalue weighted by molar-refractivity contribution is 0.679. The molecular formula is C12H19N5S. The second-order valence-corrected chi connectivity index (χ2v) is 4.88. The van der Waals surface area contributed by atoms with Gasteiger partial charge in [0.2, 0.25) is 5.95 Å². The zero-order chi connectivity index (χ0) is 13.0. The van der Waals surface area contributed by atoms with Gasteiger partial charge in [0, 0.05) is 19.6 Å². The van der Waals surface area contributed by atoms with Gasteiger partial charge in [0.15, 0.2) is 0 Å². The van der Waals surface area contributed by atoms with Gasteiger partial charge in [-0.25, -0.2) is 4.98 Å². The summed E-state index contributed by atoms with van der Waals surface area (Å²) in [6.45, 7) is 7.87. The van der Waals surface area contributed by atoms with E-state index in [9.17, 15) is 0 Å². The van der Waals surface area contributed by atoms with Crippen LogP contribution >= 0.6 is 11.3 Å². The smallest absolute Gasteiger partial charge is 0.228 e. The van der Waals surface area contributed by atoms with Gasteiger partial charge >= 0.3 is 0 Å². The molecule has 6 heteroatoms. The predicted molar refractivity (Wildman–Crippen MR) is 78.3 cm³/mol. The van der Waals surface area contributed by atoms with Crippen LogP contribution < -0.4 is 16.0 Å². The predicted octanol–water partition coefficient (Wildman–Crippen LogP) is 1.71. The van der Waals surface area contributed by atoms with Crippen LogP contribution in [0.25, 0.3) is 10.2 Å². The molecule has 18 heavy (non-hydrogen) atoms. The number of anilines is 2. The molecule has 0 saturated carbocycles. The van der Waals surface area contributed by atoms with Crippen LogP contribution in [0.5, 0.6) is 0 Å². The Morgan fingerprint density at radius 2 is 2.22 bits per heavy atom. The number of hydrogen-bond acceptors (Lipinski definition) is 6. The number of nitrogen functional groups attached to an aromatic ring is 1. The molecule has 2 aromatic rings. The SMILES string of the molecule is CCNCCN(CC)c1nc(N)c2ccsc2n1. The van der Waals surface area contributed by atoms with Crippen molar-refractivity contribution in [3.05, 3.63) is 11.4 Å². The normalized spacial score (nSPS) is 11.0. The number of thiophene rings is 1. The summed E-state index contributed by atoms with van der Waals surface area (Å²) in [5, 5.41) is 6.25. The molecule has 0 unspecified atom stereocenters. The van der Waals surface area contributed by atoms with E-state index in [-0.39, 0.29) is 0 Å². The summed E-state index contributed by atoms with van der Waals surface area (Å²) in [5.41, 5.74) is 5.96. The Morgan fingerprint density at radius 1 is 1.39 bits per heavy atom. The van der Waals surface area contributed by atoms with Crippen molar-refractivity contribution in [3.8, 4) is 0 Å². The molecule has 2 aromatic heterocycles. The van der Waals surface area contributed by atoms with Gasteiger partial charge in [0.05, 0.1) is 5.39 Å². The fourth-order valence-corrected chi connectivity index (χ4v) is 2.57. The minimum Gasteiger partial charge on any atom is -0.383 e. The lowest BCUT2D eigenvalue weighted by atomic mass is 10.4. The van der Waals surface area contributed by atoms with Crippen molar-refractivity contribution < 1.29 is 0 Å². The Labute approximate surface area is 111 Å². The van der Waals surface area contributed by atoms with Gasteiger partial charge in [-0.1, -0.05) is 6.92 Å². The van der Waals surface area contributed by atoms with Gasteiger partial charge in [-0.15, -0.1) is 11.3 Å². The van der Waals surface area contributed by atoms with Crippen LogP contribution in [-0.2, 0) is 0 Å². The maximum Gasteiger partial charge on any atom is 0.228 e. The summed E-state index contributed by atoms with van der Waals surface area (Å²) in [4.78, 5) is 12.1. The topological polar surface area (TPSA) is 67.1 Å². The molecule has 0 aliphatic rings. The van der Waals surface area contributed by atoms with Crippen molar-refractivity contribution in [2.24, 2.45) is 0 Å². The Hall–Kier alpha value is -1.40. The Bertz CT molecular complexity index is 510. The quantitative estimate of drug-likeness (QED) is 0.778. The third-order valence-electron chi connectivity index (χ3n) is 2.82. The standard InChI is InChI=1S/C12H19N5S/c1-3-14-6-7-17(4-2)12-15-10(13)9-5-8-18-11(9)16-12/h5,8,14H,3-4,6-7H2,1-2H3,(H2,13,15,16). The van der Waals surface area contributed by atoms with E-state index in [0.29, 0.717) is 5.82 Å². The molecule has 0 saturated heterocycles. The Kier molecular flexibility index (Phi) is 4.33. The summed E-state index contributed by atoms with van der Waals surface area (Å²) in [5.74, 6) is 1.29. The molecule has 0 radical (unpaired) electrons. The molecule has 98 valence electrons. The highest BCUT2D eigenvalue weighted by Gasteiger charge is 2.11. The van der Waals surface area contributed by atoms with Crippen molar-refractivity contribution in [1.29, 1.82) is 0 Å². The first-order valence-electron chi connectivity index (χ1n) is 6.22. The zero-order valence-corrected chi connectivity index (χ0v) is 11.6. The summed E-state index contributed by atoms with van der Waals surface area (Å²) < 4.78 is 0. The van der Waals surface area contributed by atoms with Crippen LogP contribution in [-0.4, -0.2) is 36.1 Å². The summed E-state index contributed by atoms with van der Waals surface area (Å²) in [6.07, 6.45) is 0. The molecule has 0 spiro atoms. The van der Waals surface area contributed by atoms with Crippen LogP contribution in [0.15, 0.2) is 11.4 Å². The maximum absolute atomic E-state index is 5.96. The van der Waals surface area contributed by atoms with E-state index < -0.39 is 0 Å². The monoisotopic (exact) mass is 265 g/mol. The van der Waals surface area contributed by atoms with Crippen LogP contribution in [0.1, 0.15) is 13.8 Å². The van der Waals surface area contributed by atoms with Gasteiger partial charge in [-0.05, 0) is 24.9 Å². The van der Waals surface area contributed by atoms with Crippen molar-refractivity contribution >= 4 is 33.3 Å². The molecule has 0 bridgehead atoms. The number of nitrogens with two attached hydrogens (primary N) is 1. The molecular weight excluding hydrogens is 246 g/mol. The average molecular weight is 265 g/mol. The van der Waals surface area contributed by atoms with E-state index >= 15 is 0 Å². The van der Waals surface area contributed by atoms with E-state index in [1.54, 1.807) is 11.3 Å². The Balaban J connectivity index is 2.21. The third-order valence-corrected chi connectivity index (χ3v) is 3.62. The largest absolute Gasteiger partial charge is 0.383 e. The molecule has 2 heterocycles. The van der Waals surface area contributed by atoms with Crippen molar-refractivity contribution in [2.75, 3.05) is 36.8 Å². The third kappa shape index (κ3) is 2.70. The molecule has 5 nitrogen and oxygen atoms in total. The van der Waals surface area contributed by atoms with E-state index in [4.69, 9.17) is 5.73 Å². The summed E-state index contributed by atoms with van der Waals surface area (Å²) in [7, 11) is 0. The Morgan fingerprint density at radius 3 is 2.94 bits per heavy atom. The van der Waals surface area contributed by atoms with Gasteiger partial charge in [-0.3, -0.25) is 0 Å². The fraction of sp³-hybridized carbons (Fsp3) is 0.500. The lowest BCUT2D eigenvalue weighted by Gasteiger charge is -2.21. The highest BCUT2D eigenvalue weighted by molar-refractivity contribution is 7.16. The number of rotatable bonds is 6. The first kappa shape index (κ1) is 13.0. The molecule has 2 rings (SSSR count).